The molecule has 0 saturated carbocycles. The van der Waals surface area contributed by atoms with Crippen molar-refractivity contribution in [3.63, 3.8) is 0 Å². The Labute approximate surface area is 131 Å². The molecule has 4 heteroatoms. The predicted octanol–water partition coefficient (Wildman–Crippen LogP) is 4.12. The first-order valence-corrected chi connectivity index (χ1v) is 7.49. The zero-order valence-corrected chi connectivity index (χ0v) is 12.8. The van der Waals surface area contributed by atoms with Crippen molar-refractivity contribution in [2.24, 2.45) is 0 Å². The molecule has 0 aliphatic rings. The Kier molecular flexibility index (Phi) is 6.30. The summed E-state index contributed by atoms with van der Waals surface area (Å²) in [5.74, 6) is 0.493. The van der Waals surface area contributed by atoms with Gasteiger partial charge in [-0.2, -0.15) is 0 Å². The maximum Gasteiger partial charge on any atom is 0.513 e. The summed E-state index contributed by atoms with van der Waals surface area (Å²) in [7, 11) is 0. The zero-order chi connectivity index (χ0) is 15.6. The predicted molar refractivity (Wildman–Crippen MR) is 87.4 cm³/mol. The first kappa shape index (κ1) is 15.9. The molecule has 0 aliphatic carbocycles. The second kappa shape index (κ2) is 8.72. The van der Waals surface area contributed by atoms with Crippen molar-refractivity contribution in [1.82, 2.24) is 0 Å². The van der Waals surface area contributed by atoms with Gasteiger partial charge in [0.25, 0.3) is 0 Å². The quantitative estimate of drug-likeness (QED) is 0.438. The van der Waals surface area contributed by atoms with E-state index in [4.69, 9.17) is 9.47 Å². The molecular formula is C18H21NO3. The standard InChI is InChI=1S/C18H21NO3/c1-2-19(16-10-5-3-6-11-16)14-9-15-21-18(20)22-17-12-7-4-8-13-17/h3-8,10-13H,2,9,14-15H2,1H3. The summed E-state index contributed by atoms with van der Waals surface area (Å²) < 4.78 is 10.1. The smallest absolute Gasteiger partial charge is 0.434 e. The van der Waals surface area contributed by atoms with Crippen LogP contribution in [0.3, 0.4) is 0 Å². The van der Waals surface area contributed by atoms with Crippen LogP contribution in [0.1, 0.15) is 13.3 Å². The molecule has 2 rings (SSSR count). The minimum atomic E-state index is -0.658. The van der Waals surface area contributed by atoms with Gasteiger partial charge in [0.1, 0.15) is 5.75 Å². The molecular weight excluding hydrogens is 278 g/mol. The van der Waals surface area contributed by atoms with Crippen molar-refractivity contribution in [3.8, 4) is 5.75 Å². The molecule has 0 heterocycles. The van der Waals surface area contributed by atoms with Gasteiger partial charge in [0.15, 0.2) is 0 Å². The normalized spacial score (nSPS) is 10.0. The van der Waals surface area contributed by atoms with E-state index >= 15 is 0 Å². The van der Waals surface area contributed by atoms with E-state index in [0.29, 0.717) is 12.4 Å². The molecule has 0 amide bonds. The largest absolute Gasteiger partial charge is 0.513 e. The van der Waals surface area contributed by atoms with E-state index in [-0.39, 0.29) is 0 Å². The van der Waals surface area contributed by atoms with Gasteiger partial charge < -0.3 is 14.4 Å². The van der Waals surface area contributed by atoms with E-state index in [2.05, 4.69) is 24.0 Å². The molecule has 0 radical (unpaired) electrons. The Morgan fingerprint density at radius 3 is 2.27 bits per heavy atom. The number of nitrogens with zero attached hydrogens (tertiary/aromatic N) is 1. The number of carbonyl (C=O) groups excluding carboxylic acids is 1. The Morgan fingerprint density at radius 2 is 1.64 bits per heavy atom. The molecule has 0 atom stereocenters. The summed E-state index contributed by atoms with van der Waals surface area (Å²) in [6.45, 7) is 4.20. The Hall–Kier alpha value is -2.49. The van der Waals surface area contributed by atoms with Gasteiger partial charge in [-0.25, -0.2) is 4.79 Å². The fourth-order valence-electron chi connectivity index (χ4n) is 2.13. The second-order valence-corrected chi connectivity index (χ2v) is 4.78. The van der Waals surface area contributed by atoms with Crippen molar-refractivity contribution in [3.05, 3.63) is 60.7 Å². The highest BCUT2D eigenvalue weighted by atomic mass is 16.7. The van der Waals surface area contributed by atoms with Crippen LogP contribution in [0.15, 0.2) is 60.7 Å². The molecule has 22 heavy (non-hydrogen) atoms. The number of carbonyl (C=O) groups is 1. The molecule has 116 valence electrons. The lowest BCUT2D eigenvalue weighted by Crippen LogP contribution is -2.25. The van der Waals surface area contributed by atoms with Crippen LogP contribution in [0.2, 0.25) is 0 Å². The first-order chi connectivity index (χ1) is 10.8. The van der Waals surface area contributed by atoms with Gasteiger partial charge in [0.05, 0.1) is 6.61 Å². The van der Waals surface area contributed by atoms with Crippen molar-refractivity contribution in [1.29, 1.82) is 0 Å². The molecule has 0 saturated heterocycles. The number of benzene rings is 2. The van der Waals surface area contributed by atoms with E-state index in [9.17, 15) is 4.79 Å². The Balaban J connectivity index is 1.69. The summed E-state index contributed by atoms with van der Waals surface area (Å²) in [5.41, 5.74) is 1.18. The molecule has 0 spiro atoms. The van der Waals surface area contributed by atoms with Gasteiger partial charge in [-0.05, 0) is 37.6 Å². The number of rotatable bonds is 7. The SMILES string of the molecule is CCN(CCCOC(=O)Oc1ccccc1)c1ccccc1. The summed E-state index contributed by atoms with van der Waals surface area (Å²) in [6, 6.07) is 19.1. The Morgan fingerprint density at radius 1 is 1.00 bits per heavy atom. The van der Waals surface area contributed by atoms with E-state index in [0.717, 1.165) is 19.5 Å². The number of anilines is 1. The van der Waals surface area contributed by atoms with E-state index in [1.54, 1.807) is 12.1 Å². The number of ether oxygens (including phenoxy) is 2. The van der Waals surface area contributed by atoms with Crippen LogP contribution >= 0.6 is 0 Å². The van der Waals surface area contributed by atoms with E-state index in [1.807, 2.05) is 36.4 Å². The average molecular weight is 299 g/mol. The topological polar surface area (TPSA) is 38.8 Å². The van der Waals surface area contributed by atoms with Crippen LogP contribution in [-0.4, -0.2) is 25.9 Å². The van der Waals surface area contributed by atoms with Crippen LogP contribution in [0, 0.1) is 0 Å². The minimum absolute atomic E-state index is 0.342. The lowest BCUT2D eigenvalue weighted by Gasteiger charge is -2.22. The summed E-state index contributed by atoms with van der Waals surface area (Å²) in [6.07, 6.45) is 0.0982. The number of para-hydroxylation sites is 2. The van der Waals surface area contributed by atoms with Gasteiger partial charge >= 0.3 is 6.16 Å². The summed E-state index contributed by atoms with van der Waals surface area (Å²) in [4.78, 5) is 13.8. The monoisotopic (exact) mass is 299 g/mol. The molecule has 2 aromatic carbocycles. The van der Waals surface area contributed by atoms with Crippen molar-refractivity contribution in [2.45, 2.75) is 13.3 Å². The maximum atomic E-state index is 11.5. The molecule has 0 unspecified atom stereocenters. The molecule has 4 nitrogen and oxygen atoms in total. The molecule has 0 aliphatic heterocycles. The van der Waals surface area contributed by atoms with Gasteiger partial charge in [-0.15, -0.1) is 0 Å². The molecule has 0 bridgehead atoms. The Bertz CT molecular complexity index is 557. The maximum absolute atomic E-state index is 11.5. The average Bonchev–Trinajstić information content (AvgIpc) is 2.56. The number of hydrogen-bond donors (Lipinski definition) is 0. The van der Waals surface area contributed by atoms with Crippen LogP contribution < -0.4 is 9.64 Å². The molecule has 0 aromatic heterocycles. The number of hydrogen-bond acceptors (Lipinski definition) is 4. The fraction of sp³-hybridized carbons (Fsp3) is 0.278. The molecule has 0 fully saturated rings. The highest BCUT2D eigenvalue weighted by Gasteiger charge is 2.07. The van der Waals surface area contributed by atoms with Crippen molar-refractivity contribution >= 4 is 11.8 Å². The lowest BCUT2D eigenvalue weighted by atomic mass is 10.2. The highest BCUT2D eigenvalue weighted by molar-refractivity contribution is 5.63. The summed E-state index contributed by atoms with van der Waals surface area (Å²) in [5, 5.41) is 0. The van der Waals surface area contributed by atoms with Crippen molar-refractivity contribution in [2.75, 3.05) is 24.6 Å². The van der Waals surface area contributed by atoms with E-state index in [1.165, 1.54) is 5.69 Å². The van der Waals surface area contributed by atoms with E-state index < -0.39 is 6.16 Å². The third-order valence-corrected chi connectivity index (χ3v) is 3.24. The second-order valence-electron chi connectivity index (χ2n) is 4.78. The summed E-state index contributed by atoms with van der Waals surface area (Å²) >= 11 is 0. The fourth-order valence-corrected chi connectivity index (χ4v) is 2.13. The van der Waals surface area contributed by atoms with Gasteiger partial charge in [-0.1, -0.05) is 36.4 Å². The third kappa shape index (κ3) is 5.13. The lowest BCUT2D eigenvalue weighted by molar-refractivity contribution is 0.0984. The van der Waals surface area contributed by atoms with Gasteiger partial charge in [-0.3, -0.25) is 0 Å². The third-order valence-electron chi connectivity index (χ3n) is 3.24. The van der Waals surface area contributed by atoms with Crippen LogP contribution in [0.25, 0.3) is 0 Å². The van der Waals surface area contributed by atoms with Crippen LogP contribution in [-0.2, 0) is 4.74 Å². The van der Waals surface area contributed by atoms with Gasteiger partial charge in [0.2, 0.25) is 0 Å². The van der Waals surface area contributed by atoms with Crippen molar-refractivity contribution < 1.29 is 14.3 Å². The first-order valence-electron chi connectivity index (χ1n) is 7.49. The minimum Gasteiger partial charge on any atom is -0.434 e. The van der Waals surface area contributed by atoms with Crippen LogP contribution in [0.5, 0.6) is 5.75 Å². The zero-order valence-electron chi connectivity index (χ0n) is 12.8. The molecule has 2 aromatic rings. The van der Waals surface area contributed by atoms with Crippen LogP contribution in [0.4, 0.5) is 10.5 Å². The van der Waals surface area contributed by atoms with Gasteiger partial charge in [0, 0.05) is 18.8 Å². The molecule has 0 N–H and O–H groups in total. The highest BCUT2D eigenvalue weighted by Crippen LogP contribution is 2.13.